The van der Waals surface area contributed by atoms with Gasteiger partial charge in [0.05, 0.1) is 4.92 Å². The number of nitro groups is 1. The van der Waals surface area contributed by atoms with E-state index in [-0.39, 0.29) is 5.69 Å². The smallest absolute Gasteiger partial charge is 0.270 e. The van der Waals surface area contributed by atoms with Crippen LogP contribution >= 0.6 is 0 Å². The van der Waals surface area contributed by atoms with Gasteiger partial charge >= 0.3 is 0 Å². The molecular weight excluding hydrogens is 230 g/mol. The molecule has 0 heterocycles. The molecule has 0 aliphatic heterocycles. The summed E-state index contributed by atoms with van der Waals surface area (Å²) in [7, 11) is 0. The lowest BCUT2D eigenvalue weighted by Crippen LogP contribution is -1.93. The lowest BCUT2D eigenvalue weighted by atomic mass is 9.99. The van der Waals surface area contributed by atoms with E-state index in [1.54, 1.807) is 6.07 Å². The second kappa shape index (κ2) is 4.79. The number of rotatable bonds is 3. The Labute approximate surface area is 104 Å². The molecule has 2 aromatic rings. The van der Waals surface area contributed by atoms with Crippen LogP contribution in [-0.4, -0.2) is 11.2 Å². The van der Waals surface area contributed by atoms with Crippen molar-refractivity contribution in [2.75, 3.05) is 0 Å². The fourth-order valence-corrected chi connectivity index (χ4v) is 1.76. The van der Waals surface area contributed by atoms with Gasteiger partial charge in [-0.1, -0.05) is 29.8 Å². The number of nitro benzene ring substituents is 1. The van der Waals surface area contributed by atoms with E-state index in [9.17, 15) is 14.9 Å². The van der Waals surface area contributed by atoms with Crippen LogP contribution in [0.1, 0.15) is 15.9 Å². The first kappa shape index (κ1) is 12.0. The lowest BCUT2D eigenvalue weighted by molar-refractivity contribution is -0.384. The quantitative estimate of drug-likeness (QED) is 0.470. The molecule has 0 unspecified atom stereocenters. The summed E-state index contributed by atoms with van der Waals surface area (Å²) in [6.45, 7) is 1.97. The van der Waals surface area contributed by atoms with Crippen LogP contribution < -0.4 is 0 Å². The molecule has 0 aliphatic carbocycles. The molecule has 0 aromatic heterocycles. The van der Waals surface area contributed by atoms with Gasteiger partial charge in [0.15, 0.2) is 6.29 Å². The third-order valence-corrected chi connectivity index (χ3v) is 2.74. The zero-order valence-corrected chi connectivity index (χ0v) is 9.79. The van der Waals surface area contributed by atoms with E-state index in [4.69, 9.17) is 0 Å². The molecule has 0 amide bonds. The summed E-state index contributed by atoms with van der Waals surface area (Å²) in [5.41, 5.74) is 2.95. The van der Waals surface area contributed by atoms with Crippen LogP contribution in [0, 0.1) is 17.0 Å². The van der Waals surface area contributed by atoms with Gasteiger partial charge in [-0.2, -0.15) is 0 Å². The first-order chi connectivity index (χ1) is 8.61. The molecule has 2 rings (SSSR count). The molecule has 0 atom stereocenters. The van der Waals surface area contributed by atoms with Crippen LogP contribution in [0.2, 0.25) is 0 Å². The van der Waals surface area contributed by atoms with Crippen molar-refractivity contribution < 1.29 is 9.72 Å². The maximum Gasteiger partial charge on any atom is 0.270 e. The summed E-state index contributed by atoms with van der Waals surface area (Å²) in [4.78, 5) is 21.2. The highest BCUT2D eigenvalue weighted by Crippen LogP contribution is 2.26. The number of carbonyl (C=O) groups excluding carboxylic acids is 1. The summed E-state index contributed by atoms with van der Waals surface area (Å²) in [5.74, 6) is 0. The van der Waals surface area contributed by atoms with Gasteiger partial charge in [0, 0.05) is 17.7 Å². The van der Waals surface area contributed by atoms with Crippen LogP contribution in [0.5, 0.6) is 0 Å². The summed E-state index contributed by atoms with van der Waals surface area (Å²) >= 11 is 0. The molecule has 0 saturated carbocycles. The largest absolute Gasteiger partial charge is 0.298 e. The van der Waals surface area contributed by atoms with Crippen LogP contribution in [0.25, 0.3) is 11.1 Å². The number of aryl methyl sites for hydroxylation is 1. The molecule has 18 heavy (non-hydrogen) atoms. The number of hydrogen-bond donors (Lipinski definition) is 0. The van der Waals surface area contributed by atoms with Crippen molar-refractivity contribution in [1.82, 2.24) is 0 Å². The monoisotopic (exact) mass is 241 g/mol. The van der Waals surface area contributed by atoms with Crippen LogP contribution in [0.4, 0.5) is 5.69 Å². The highest BCUT2D eigenvalue weighted by atomic mass is 16.6. The van der Waals surface area contributed by atoms with E-state index in [2.05, 4.69) is 0 Å². The Kier molecular flexibility index (Phi) is 3.19. The fraction of sp³-hybridized carbons (Fsp3) is 0.0714. The van der Waals surface area contributed by atoms with Crippen LogP contribution in [0.15, 0.2) is 42.5 Å². The van der Waals surface area contributed by atoms with Crippen molar-refractivity contribution >= 4 is 12.0 Å². The molecule has 4 heteroatoms. The predicted octanol–water partition coefficient (Wildman–Crippen LogP) is 3.38. The maximum absolute atomic E-state index is 11.0. The molecule has 4 nitrogen and oxygen atoms in total. The Bertz CT molecular complexity index is 603. The van der Waals surface area contributed by atoms with E-state index in [0.717, 1.165) is 11.1 Å². The fourth-order valence-electron chi connectivity index (χ4n) is 1.76. The van der Waals surface area contributed by atoms with Gasteiger partial charge in [-0.05, 0) is 24.1 Å². The number of carbonyl (C=O) groups is 1. The molecule has 2 aromatic carbocycles. The molecule has 0 bridgehead atoms. The highest BCUT2D eigenvalue weighted by molar-refractivity contribution is 5.88. The molecule has 0 fully saturated rings. The average Bonchev–Trinajstić information content (AvgIpc) is 2.39. The normalized spacial score (nSPS) is 10.1. The zero-order chi connectivity index (χ0) is 13.1. The molecule has 0 radical (unpaired) electrons. The summed E-state index contributed by atoms with van der Waals surface area (Å²) < 4.78 is 0. The predicted molar refractivity (Wildman–Crippen MR) is 68.7 cm³/mol. The summed E-state index contributed by atoms with van der Waals surface area (Å²) in [5, 5.41) is 10.7. The molecular formula is C14H11NO3. The Morgan fingerprint density at radius 3 is 2.33 bits per heavy atom. The number of nitrogens with zero attached hydrogens (tertiary/aromatic N) is 1. The Morgan fingerprint density at radius 1 is 1.11 bits per heavy atom. The summed E-state index contributed by atoms with van der Waals surface area (Å²) in [6, 6.07) is 12.0. The average molecular weight is 241 g/mol. The summed E-state index contributed by atoms with van der Waals surface area (Å²) in [6.07, 6.45) is 0.641. The van der Waals surface area contributed by atoms with Gasteiger partial charge in [0.1, 0.15) is 0 Å². The van der Waals surface area contributed by atoms with E-state index < -0.39 is 4.92 Å². The Balaban J connectivity index is 2.54. The van der Waals surface area contributed by atoms with Crippen LogP contribution in [-0.2, 0) is 0 Å². The molecule has 90 valence electrons. The van der Waals surface area contributed by atoms with Crippen molar-refractivity contribution in [3.05, 3.63) is 63.7 Å². The van der Waals surface area contributed by atoms with Gasteiger partial charge in [0.25, 0.3) is 5.69 Å². The zero-order valence-electron chi connectivity index (χ0n) is 9.79. The van der Waals surface area contributed by atoms with E-state index >= 15 is 0 Å². The topological polar surface area (TPSA) is 60.2 Å². The maximum atomic E-state index is 11.0. The van der Waals surface area contributed by atoms with E-state index in [1.165, 1.54) is 12.1 Å². The number of hydrogen-bond acceptors (Lipinski definition) is 3. The van der Waals surface area contributed by atoms with Gasteiger partial charge in [-0.25, -0.2) is 0 Å². The standard InChI is InChI=1S/C14H11NO3/c1-10-2-4-11(5-3-10)14-7-6-13(15(17)18)8-12(14)9-16/h2-9H,1H3. The minimum absolute atomic E-state index is 0.0760. The van der Waals surface area contributed by atoms with Gasteiger partial charge < -0.3 is 0 Å². The van der Waals surface area contributed by atoms with E-state index in [1.807, 2.05) is 31.2 Å². The first-order valence-corrected chi connectivity index (χ1v) is 5.42. The third-order valence-electron chi connectivity index (χ3n) is 2.74. The number of benzene rings is 2. The molecule has 0 saturated heterocycles. The van der Waals surface area contributed by atoms with Crippen molar-refractivity contribution in [2.24, 2.45) is 0 Å². The van der Waals surface area contributed by atoms with Crippen molar-refractivity contribution in [2.45, 2.75) is 6.92 Å². The Morgan fingerprint density at radius 2 is 1.78 bits per heavy atom. The van der Waals surface area contributed by atoms with Gasteiger partial charge in [-0.15, -0.1) is 0 Å². The second-order valence-corrected chi connectivity index (χ2v) is 4.01. The van der Waals surface area contributed by atoms with E-state index in [0.29, 0.717) is 17.4 Å². The number of non-ortho nitro benzene ring substituents is 1. The molecule has 0 aliphatic rings. The van der Waals surface area contributed by atoms with Gasteiger partial charge in [-0.3, -0.25) is 14.9 Å². The number of aldehydes is 1. The highest BCUT2D eigenvalue weighted by Gasteiger charge is 2.11. The Hall–Kier alpha value is -2.49. The second-order valence-electron chi connectivity index (χ2n) is 4.01. The van der Waals surface area contributed by atoms with Crippen LogP contribution in [0.3, 0.4) is 0 Å². The van der Waals surface area contributed by atoms with Crippen molar-refractivity contribution in [1.29, 1.82) is 0 Å². The van der Waals surface area contributed by atoms with Gasteiger partial charge in [0.2, 0.25) is 0 Å². The van der Waals surface area contributed by atoms with Crippen molar-refractivity contribution in [3.8, 4) is 11.1 Å². The SMILES string of the molecule is Cc1ccc(-c2ccc([N+](=O)[O-])cc2C=O)cc1. The lowest BCUT2D eigenvalue weighted by Gasteiger charge is -2.05. The minimum atomic E-state index is -0.508. The van der Waals surface area contributed by atoms with Crippen molar-refractivity contribution in [3.63, 3.8) is 0 Å². The molecule has 0 N–H and O–H groups in total. The first-order valence-electron chi connectivity index (χ1n) is 5.42. The minimum Gasteiger partial charge on any atom is -0.298 e. The third kappa shape index (κ3) is 2.27. The molecule has 0 spiro atoms.